The largest absolute Gasteiger partial charge is 0.508 e. The number of unbranched alkanes of at least 4 members (excludes halogenated alkanes) is 3. The van der Waals surface area contributed by atoms with E-state index in [1.807, 2.05) is 42.5 Å². The number of aromatic hydroxyl groups is 2. The monoisotopic (exact) mass is 472 g/mol. The van der Waals surface area contributed by atoms with E-state index in [-0.39, 0.29) is 29.3 Å². The van der Waals surface area contributed by atoms with Crippen LogP contribution in [0, 0.1) is 0 Å². The average molecular weight is 473 g/mol. The molecule has 4 rings (SSSR count). The normalized spacial score (nSPS) is 15.1. The van der Waals surface area contributed by atoms with E-state index < -0.39 is 0 Å². The molecule has 0 aromatic heterocycles. The number of fused-ring (bicyclic) bond motifs is 1. The zero-order chi connectivity index (χ0) is 24.6. The van der Waals surface area contributed by atoms with Gasteiger partial charge in [0.25, 0.3) is 0 Å². The molecule has 0 radical (unpaired) electrons. The molecule has 184 valence electrons. The topological polar surface area (TPSA) is 66.8 Å². The molecule has 0 heterocycles. The minimum Gasteiger partial charge on any atom is -0.508 e. The van der Waals surface area contributed by atoms with E-state index in [4.69, 9.17) is 4.74 Å². The number of phenolic OH excluding ortho intramolecular Hbond substituents is 2. The van der Waals surface area contributed by atoms with Crippen LogP contribution in [0.4, 0.5) is 0 Å². The molecular formula is C31H36O4. The van der Waals surface area contributed by atoms with Crippen LogP contribution in [0.5, 0.6) is 17.2 Å². The van der Waals surface area contributed by atoms with Gasteiger partial charge in [0.2, 0.25) is 0 Å². The summed E-state index contributed by atoms with van der Waals surface area (Å²) in [6, 6.07) is 16.7. The average Bonchev–Trinajstić information content (AvgIpc) is 3.37. The molecule has 0 amide bonds. The van der Waals surface area contributed by atoms with Gasteiger partial charge in [-0.15, -0.1) is 0 Å². The number of carbonyl (C=O) groups is 1. The van der Waals surface area contributed by atoms with Gasteiger partial charge >= 0.3 is 0 Å². The van der Waals surface area contributed by atoms with E-state index in [0.717, 1.165) is 73.3 Å². The van der Waals surface area contributed by atoms with Crippen molar-refractivity contribution in [2.75, 3.05) is 0 Å². The Morgan fingerprint density at radius 3 is 2.60 bits per heavy atom. The van der Waals surface area contributed by atoms with Crippen LogP contribution in [-0.2, 0) is 11.2 Å². The van der Waals surface area contributed by atoms with E-state index in [0.29, 0.717) is 12.2 Å². The van der Waals surface area contributed by atoms with Crippen molar-refractivity contribution in [3.63, 3.8) is 0 Å². The molecule has 3 aromatic rings. The lowest BCUT2D eigenvalue weighted by molar-refractivity contribution is -0.116. The maximum Gasteiger partial charge on any atom is 0.163 e. The second-order valence-corrected chi connectivity index (χ2v) is 9.67. The van der Waals surface area contributed by atoms with Crippen LogP contribution in [0.3, 0.4) is 0 Å². The standard InChI is InChI=1S/C31H36O4/c1-2-3-4-5-6-11-29(33)28(24-14-13-23-15-16-26(32)21-25(23)20-24)18-22-12-17-30(34)31(19-22)35-27-9-7-8-10-27/h6,11-17,19-21,27-28,32,34H,2-5,7-10,18H2,1H3/t28-/m1/s1. The van der Waals surface area contributed by atoms with Crippen molar-refractivity contribution in [1.29, 1.82) is 0 Å². The number of ketones is 1. The lowest BCUT2D eigenvalue weighted by Crippen LogP contribution is -2.14. The van der Waals surface area contributed by atoms with Gasteiger partial charge < -0.3 is 14.9 Å². The first-order valence-corrected chi connectivity index (χ1v) is 12.9. The summed E-state index contributed by atoms with van der Waals surface area (Å²) < 4.78 is 6.09. The molecule has 0 bridgehead atoms. The first-order valence-electron chi connectivity index (χ1n) is 12.9. The summed E-state index contributed by atoms with van der Waals surface area (Å²) in [5, 5.41) is 22.2. The predicted molar refractivity (Wildman–Crippen MR) is 141 cm³/mol. The molecular weight excluding hydrogens is 436 g/mol. The fraction of sp³-hybridized carbons (Fsp3) is 0.387. The van der Waals surface area contributed by atoms with Crippen LogP contribution in [0.2, 0.25) is 0 Å². The van der Waals surface area contributed by atoms with Crippen molar-refractivity contribution >= 4 is 16.6 Å². The van der Waals surface area contributed by atoms with Crippen molar-refractivity contribution < 1.29 is 19.7 Å². The van der Waals surface area contributed by atoms with E-state index in [1.165, 1.54) is 0 Å². The smallest absolute Gasteiger partial charge is 0.163 e. The molecule has 1 aliphatic carbocycles. The molecule has 35 heavy (non-hydrogen) atoms. The van der Waals surface area contributed by atoms with Crippen molar-refractivity contribution in [2.24, 2.45) is 0 Å². The van der Waals surface area contributed by atoms with Gasteiger partial charge in [-0.25, -0.2) is 0 Å². The Labute approximate surface area is 208 Å². The highest BCUT2D eigenvalue weighted by molar-refractivity contribution is 5.96. The van der Waals surface area contributed by atoms with Crippen molar-refractivity contribution in [3.8, 4) is 17.2 Å². The molecule has 1 saturated carbocycles. The van der Waals surface area contributed by atoms with Crippen LogP contribution in [0.15, 0.2) is 66.7 Å². The number of phenols is 2. The third-order valence-electron chi connectivity index (χ3n) is 6.91. The van der Waals surface area contributed by atoms with Crippen LogP contribution in [-0.4, -0.2) is 22.1 Å². The Hall–Kier alpha value is -3.27. The fourth-order valence-electron chi connectivity index (χ4n) is 4.88. The minimum absolute atomic E-state index is 0.0623. The Morgan fingerprint density at radius 2 is 1.80 bits per heavy atom. The third-order valence-corrected chi connectivity index (χ3v) is 6.91. The van der Waals surface area contributed by atoms with Gasteiger partial charge in [-0.05, 0) is 97.2 Å². The number of carbonyl (C=O) groups excluding carboxylic acids is 1. The Bertz CT molecular complexity index is 1170. The van der Waals surface area contributed by atoms with Crippen molar-refractivity contribution in [3.05, 3.63) is 77.9 Å². The molecule has 4 nitrogen and oxygen atoms in total. The molecule has 4 heteroatoms. The quantitative estimate of drug-likeness (QED) is 0.223. The number of rotatable bonds is 11. The van der Waals surface area contributed by atoms with Gasteiger partial charge in [-0.1, -0.05) is 56.2 Å². The molecule has 1 fully saturated rings. The van der Waals surface area contributed by atoms with Crippen molar-refractivity contribution in [1.82, 2.24) is 0 Å². The zero-order valence-electron chi connectivity index (χ0n) is 20.6. The Kier molecular flexibility index (Phi) is 8.46. The van der Waals surface area contributed by atoms with E-state index in [9.17, 15) is 15.0 Å². The molecule has 1 atom stereocenters. The van der Waals surface area contributed by atoms with Gasteiger partial charge in [0.05, 0.1) is 12.0 Å². The summed E-state index contributed by atoms with van der Waals surface area (Å²) in [5.41, 5.74) is 1.86. The summed E-state index contributed by atoms with van der Waals surface area (Å²) in [6.07, 6.45) is 13.0. The molecule has 1 aliphatic rings. The predicted octanol–water partition coefficient (Wildman–Crippen LogP) is 7.60. The molecule has 0 aliphatic heterocycles. The second-order valence-electron chi connectivity index (χ2n) is 9.67. The summed E-state index contributed by atoms with van der Waals surface area (Å²) in [4.78, 5) is 13.4. The second kappa shape index (κ2) is 11.9. The van der Waals surface area contributed by atoms with E-state index in [1.54, 1.807) is 24.3 Å². The highest BCUT2D eigenvalue weighted by Gasteiger charge is 2.22. The highest BCUT2D eigenvalue weighted by Crippen LogP contribution is 2.34. The maximum atomic E-state index is 13.4. The van der Waals surface area contributed by atoms with Crippen LogP contribution < -0.4 is 4.74 Å². The zero-order valence-corrected chi connectivity index (χ0v) is 20.6. The molecule has 0 unspecified atom stereocenters. The lowest BCUT2D eigenvalue weighted by Gasteiger charge is -2.18. The third kappa shape index (κ3) is 6.66. The van der Waals surface area contributed by atoms with E-state index >= 15 is 0 Å². The Morgan fingerprint density at radius 1 is 1.00 bits per heavy atom. The summed E-state index contributed by atoms with van der Waals surface area (Å²) in [6.45, 7) is 2.17. The Balaban J connectivity index is 1.61. The molecule has 2 N–H and O–H groups in total. The van der Waals surface area contributed by atoms with Gasteiger partial charge in [0.15, 0.2) is 17.3 Å². The van der Waals surface area contributed by atoms with Crippen LogP contribution >= 0.6 is 0 Å². The number of benzene rings is 3. The van der Waals surface area contributed by atoms with Crippen LogP contribution in [0.25, 0.3) is 10.8 Å². The molecule has 0 spiro atoms. The number of ether oxygens (including phenoxy) is 1. The summed E-state index contributed by atoms with van der Waals surface area (Å²) >= 11 is 0. The summed E-state index contributed by atoms with van der Waals surface area (Å²) in [5.74, 6) is 0.542. The number of allylic oxidation sites excluding steroid dienone is 2. The van der Waals surface area contributed by atoms with Crippen molar-refractivity contribution in [2.45, 2.75) is 76.7 Å². The first-order chi connectivity index (χ1) is 17.0. The first kappa shape index (κ1) is 24.8. The molecule has 3 aromatic carbocycles. The SMILES string of the molecule is CCCCCC=CC(=O)[C@H](Cc1ccc(O)c(OC2CCCC2)c1)c1ccc2ccc(O)cc2c1. The summed E-state index contributed by atoms with van der Waals surface area (Å²) in [7, 11) is 0. The van der Waals surface area contributed by atoms with E-state index in [2.05, 4.69) is 6.92 Å². The van der Waals surface area contributed by atoms with Crippen LogP contribution in [0.1, 0.15) is 75.3 Å². The molecule has 0 saturated heterocycles. The van der Waals surface area contributed by atoms with Gasteiger partial charge in [-0.3, -0.25) is 4.79 Å². The number of hydrogen-bond acceptors (Lipinski definition) is 4. The van der Waals surface area contributed by atoms with Gasteiger partial charge in [-0.2, -0.15) is 0 Å². The maximum absolute atomic E-state index is 13.4. The van der Waals surface area contributed by atoms with Gasteiger partial charge in [0.1, 0.15) is 5.75 Å². The minimum atomic E-state index is -0.368. The van der Waals surface area contributed by atoms with Gasteiger partial charge in [0, 0.05) is 0 Å². The lowest BCUT2D eigenvalue weighted by atomic mass is 9.87. The highest BCUT2D eigenvalue weighted by atomic mass is 16.5. The fourth-order valence-corrected chi connectivity index (χ4v) is 4.88. The number of hydrogen-bond donors (Lipinski definition) is 2.